The summed E-state index contributed by atoms with van der Waals surface area (Å²) in [4.78, 5) is 21.4. The van der Waals surface area contributed by atoms with Crippen LogP contribution < -0.4 is 4.90 Å². The smallest absolute Gasteiger partial charge is 0.261 e. The number of rotatable bonds is 7. The number of amides is 1. The van der Waals surface area contributed by atoms with Crippen molar-refractivity contribution in [2.75, 3.05) is 31.1 Å². The Hall–Kier alpha value is -1.80. The van der Waals surface area contributed by atoms with Crippen LogP contribution in [0, 0.1) is 11.6 Å². The second-order valence-electron chi connectivity index (χ2n) is 6.22. The zero-order valence-corrected chi connectivity index (χ0v) is 18.4. The molecule has 2 aromatic carbocycles. The van der Waals surface area contributed by atoms with Gasteiger partial charge in [0, 0.05) is 13.1 Å². The molecule has 29 heavy (non-hydrogen) atoms. The molecule has 0 aliphatic carbocycles. The first-order chi connectivity index (χ1) is 13.4. The first-order valence-electron chi connectivity index (χ1n) is 8.98. The Morgan fingerprint density at radius 1 is 1.07 bits per heavy atom. The quantitative estimate of drug-likeness (QED) is 0.458. The number of carbonyl (C=O) groups excluding carboxylic acids is 1. The van der Waals surface area contributed by atoms with Gasteiger partial charge >= 0.3 is 0 Å². The molecule has 3 aromatic rings. The number of hydrogen-bond donors (Lipinski definition) is 0. The SMILES string of the molecule is CCN(CC)CCN(C(=O)c1ccc(F)cc1Cl)c1nc2ccc(F)cc2s1.Cl. The number of anilines is 1. The van der Waals surface area contributed by atoms with Gasteiger partial charge in [-0.05, 0) is 49.5 Å². The summed E-state index contributed by atoms with van der Waals surface area (Å²) >= 11 is 7.34. The molecular weight excluding hydrogens is 439 g/mol. The molecule has 0 radical (unpaired) electrons. The molecule has 0 bridgehead atoms. The number of likely N-dealkylation sites (N-methyl/N-ethyl adjacent to an activating group) is 1. The fraction of sp³-hybridized carbons (Fsp3) is 0.300. The van der Waals surface area contributed by atoms with Crippen molar-refractivity contribution in [3.63, 3.8) is 0 Å². The second-order valence-corrected chi connectivity index (χ2v) is 7.63. The van der Waals surface area contributed by atoms with Crippen molar-refractivity contribution in [2.45, 2.75) is 13.8 Å². The third kappa shape index (κ3) is 5.42. The van der Waals surface area contributed by atoms with E-state index in [-0.39, 0.29) is 34.7 Å². The molecule has 0 aliphatic heterocycles. The molecule has 4 nitrogen and oxygen atoms in total. The van der Waals surface area contributed by atoms with Crippen molar-refractivity contribution in [3.8, 4) is 0 Å². The van der Waals surface area contributed by atoms with Crippen LogP contribution in [0.15, 0.2) is 36.4 Å². The molecule has 0 unspecified atom stereocenters. The molecule has 0 N–H and O–H groups in total. The molecule has 0 aliphatic rings. The Balaban J connectivity index is 0.00000300. The molecule has 0 saturated carbocycles. The topological polar surface area (TPSA) is 36.4 Å². The minimum atomic E-state index is -0.508. The third-order valence-electron chi connectivity index (χ3n) is 4.51. The van der Waals surface area contributed by atoms with E-state index in [0.29, 0.717) is 28.4 Å². The number of carbonyl (C=O) groups is 1. The maximum atomic E-state index is 13.5. The summed E-state index contributed by atoms with van der Waals surface area (Å²) in [5.41, 5.74) is 0.820. The summed E-state index contributed by atoms with van der Waals surface area (Å²) in [6, 6.07) is 8.01. The van der Waals surface area contributed by atoms with Gasteiger partial charge in [0.25, 0.3) is 5.91 Å². The van der Waals surface area contributed by atoms with Crippen molar-refractivity contribution >= 4 is 56.6 Å². The molecule has 0 atom stereocenters. The van der Waals surface area contributed by atoms with Crippen LogP contribution in [0.3, 0.4) is 0 Å². The molecule has 156 valence electrons. The van der Waals surface area contributed by atoms with E-state index in [4.69, 9.17) is 11.6 Å². The zero-order chi connectivity index (χ0) is 20.3. The van der Waals surface area contributed by atoms with E-state index in [0.717, 1.165) is 19.2 Å². The van der Waals surface area contributed by atoms with E-state index in [1.807, 2.05) is 13.8 Å². The van der Waals surface area contributed by atoms with Gasteiger partial charge in [-0.2, -0.15) is 0 Å². The average Bonchev–Trinajstić information content (AvgIpc) is 3.07. The molecule has 3 rings (SSSR count). The minimum Gasteiger partial charge on any atom is -0.302 e. The summed E-state index contributed by atoms with van der Waals surface area (Å²) in [7, 11) is 0. The number of nitrogens with zero attached hydrogens (tertiary/aromatic N) is 3. The average molecular weight is 460 g/mol. The van der Waals surface area contributed by atoms with Gasteiger partial charge < -0.3 is 4.90 Å². The van der Waals surface area contributed by atoms with Crippen molar-refractivity contribution in [1.82, 2.24) is 9.88 Å². The van der Waals surface area contributed by atoms with Crippen LogP contribution in [-0.2, 0) is 0 Å². The number of halogens is 4. The number of thiazole rings is 1. The van der Waals surface area contributed by atoms with E-state index >= 15 is 0 Å². The van der Waals surface area contributed by atoms with Gasteiger partial charge in [-0.15, -0.1) is 12.4 Å². The van der Waals surface area contributed by atoms with Crippen molar-refractivity contribution in [1.29, 1.82) is 0 Å². The van der Waals surface area contributed by atoms with Gasteiger partial charge in [0.05, 0.1) is 20.8 Å². The Kier molecular flexibility index (Phi) is 8.34. The summed E-state index contributed by atoms with van der Waals surface area (Å²) in [6.45, 7) is 6.82. The highest BCUT2D eigenvalue weighted by Crippen LogP contribution is 2.31. The maximum absolute atomic E-state index is 13.5. The van der Waals surface area contributed by atoms with E-state index in [1.165, 1.54) is 40.5 Å². The number of benzene rings is 2. The van der Waals surface area contributed by atoms with Gasteiger partial charge in [-0.1, -0.05) is 36.8 Å². The van der Waals surface area contributed by atoms with Crippen LogP contribution in [0.2, 0.25) is 5.02 Å². The van der Waals surface area contributed by atoms with Crippen molar-refractivity contribution in [3.05, 3.63) is 58.6 Å². The summed E-state index contributed by atoms with van der Waals surface area (Å²) in [6.07, 6.45) is 0. The Morgan fingerprint density at radius 2 is 1.72 bits per heavy atom. The predicted octanol–water partition coefficient (Wildman–Crippen LogP) is 5.64. The van der Waals surface area contributed by atoms with Crippen LogP contribution in [0.25, 0.3) is 10.2 Å². The molecule has 0 saturated heterocycles. The molecule has 0 fully saturated rings. The standard InChI is InChI=1S/C20H20ClF2N3OS.ClH/c1-3-25(4-2)9-10-26(19(27)15-7-5-13(22)11-16(15)21)20-24-17-8-6-14(23)12-18(17)28-20;/h5-8,11-12H,3-4,9-10H2,1-2H3;1H. The highest BCUT2D eigenvalue weighted by atomic mass is 35.5. The normalized spacial score (nSPS) is 11.0. The fourth-order valence-corrected chi connectivity index (χ4v) is 4.14. The lowest BCUT2D eigenvalue weighted by Gasteiger charge is -2.25. The number of aromatic nitrogens is 1. The lowest BCUT2D eigenvalue weighted by Crippen LogP contribution is -2.39. The number of hydrogen-bond acceptors (Lipinski definition) is 4. The Morgan fingerprint density at radius 3 is 2.38 bits per heavy atom. The minimum absolute atomic E-state index is 0. The van der Waals surface area contributed by atoms with Crippen LogP contribution in [0.1, 0.15) is 24.2 Å². The highest BCUT2D eigenvalue weighted by Gasteiger charge is 2.24. The number of fused-ring (bicyclic) bond motifs is 1. The lowest BCUT2D eigenvalue weighted by atomic mass is 10.2. The van der Waals surface area contributed by atoms with Crippen molar-refractivity contribution < 1.29 is 13.6 Å². The molecule has 1 heterocycles. The molecular formula is C20H21Cl2F2N3OS. The molecule has 1 aromatic heterocycles. The fourth-order valence-electron chi connectivity index (χ4n) is 2.88. The van der Waals surface area contributed by atoms with Gasteiger partial charge in [0.2, 0.25) is 0 Å². The molecule has 0 spiro atoms. The van der Waals surface area contributed by atoms with Gasteiger partial charge in [0.15, 0.2) is 5.13 Å². The van der Waals surface area contributed by atoms with E-state index in [2.05, 4.69) is 9.88 Å². The van der Waals surface area contributed by atoms with Gasteiger partial charge in [0.1, 0.15) is 11.6 Å². The molecule has 1 amide bonds. The van der Waals surface area contributed by atoms with Gasteiger partial charge in [-0.25, -0.2) is 13.8 Å². The van der Waals surface area contributed by atoms with Crippen molar-refractivity contribution in [2.24, 2.45) is 0 Å². The predicted molar refractivity (Wildman–Crippen MR) is 118 cm³/mol. The third-order valence-corrected chi connectivity index (χ3v) is 5.86. The van der Waals surface area contributed by atoms with E-state index < -0.39 is 5.82 Å². The van der Waals surface area contributed by atoms with Crippen LogP contribution in [-0.4, -0.2) is 42.0 Å². The first kappa shape index (κ1) is 23.5. The molecule has 9 heteroatoms. The second kappa shape index (κ2) is 10.3. The van der Waals surface area contributed by atoms with Crippen LogP contribution >= 0.6 is 35.3 Å². The Labute approximate surface area is 183 Å². The Bertz CT molecular complexity index is 995. The monoisotopic (exact) mass is 459 g/mol. The first-order valence-corrected chi connectivity index (χ1v) is 10.2. The highest BCUT2D eigenvalue weighted by molar-refractivity contribution is 7.22. The van der Waals surface area contributed by atoms with E-state index in [1.54, 1.807) is 6.07 Å². The van der Waals surface area contributed by atoms with Crippen LogP contribution in [0.4, 0.5) is 13.9 Å². The lowest BCUT2D eigenvalue weighted by molar-refractivity contribution is 0.0984. The van der Waals surface area contributed by atoms with Gasteiger partial charge in [-0.3, -0.25) is 9.69 Å². The van der Waals surface area contributed by atoms with Crippen LogP contribution in [0.5, 0.6) is 0 Å². The summed E-state index contributed by atoms with van der Waals surface area (Å²) in [5, 5.41) is 0.503. The maximum Gasteiger partial charge on any atom is 0.261 e. The largest absolute Gasteiger partial charge is 0.302 e. The zero-order valence-electron chi connectivity index (χ0n) is 16.0. The van der Waals surface area contributed by atoms with E-state index in [9.17, 15) is 13.6 Å². The summed E-state index contributed by atoms with van der Waals surface area (Å²) in [5.74, 6) is -1.23. The summed E-state index contributed by atoms with van der Waals surface area (Å²) < 4.78 is 27.6.